The first-order valence-corrected chi connectivity index (χ1v) is 8.84. The smallest absolute Gasteiger partial charge is 0.314 e. The maximum absolute atomic E-state index is 12.4. The van der Waals surface area contributed by atoms with E-state index in [9.17, 15) is 14.4 Å². The molecule has 0 saturated heterocycles. The highest BCUT2D eigenvalue weighted by molar-refractivity contribution is 5.96. The number of esters is 1. The standard InChI is InChI=1S/C21H24N2O4/c1-4-19(16-8-6-5-7-9-16)21(26)27-14(2)20(25)23-18-12-10-17(11-13-18)22-15(3)24/h5-14,19H,4H2,1-3H3,(H,22,24)(H,23,25)/t14-,19-/m1/s1. The number of nitrogens with one attached hydrogen (secondary N) is 2. The van der Waals surface area contributed by atoms with Crippen LogP contribution in [0.15, 0.2) is 54.6 Å². The maximum atomic E-state index is 12.4. The summed E-state index contributed by atoms with van der Waals surface area (Å²) in [6, 6.07) is 16.0. The fraction of sp³-hybridized carbons (Fsp3) is 0.286. The van der Waals surface area contributed by atoms with E-state index < -0.39 is 23.9 Å². The van der Waals surface area contributed by atoms with Crippen molar-refractivity contribution < 1.29 is 19.1 Å². The molecular formula is C21H24N2O4. The van der Waals surface area contributed by atoms with Crippen LogP contribution in [0.3, 0.4) is 0 Å². The second-order valence-corrected chi connectivity index (χ2v) is 6.20. The number of carbonyl (C=O) groups is 3. The number of hydrogen-bond acceptors (Lipinski definition) is 4. The summed E-state index contributed by atoms with van der Waals surface area (Å²) in [6.45, 7) is 4.86. The Kier molecular flexibility index (Phi) is 7.11. The van der Waals surface area contributed by atoms with E-state index in [1.807, 2.05) is 37.3 Å². The highest BCUT2D eigenvalue weighted by Crippen LogP contribution is 2.22. The van der Waals surface area contributed by atoms with Gasteiger partial charge in [0.05, 0.1) is 5.92 Å². The SMILES string of the molecule is CC[C@@H](C(=O)O[C@H](C)C(=O)Nc1ccc(NC(C)=O)cc1)c1ccccc1. The molecule has 0 fully saturated rings. The van der Waals surface area contributed by atoms with Crippen molar-refractivity contribution in [3.8, 4) is 0 Å². The Morgan fingerprint density at radius 2 is 1.48 bits per heavy atom. The lowest BCUT2D eigenvalue weighted by Crippen LogP contribution is -2.31. The van der Waals surface area contributed by atoms with E-state index in [0.29, 0.717) is 17.8 Å². The largest absolute Gasteiger partial charge is 0.452 e. The van der Waals surface area contributed by atoms with Crippen molar-refractivity contribution in [2.24, 2.45) is 0 Å². The van der Waals surface area contributed by atoms with Crippen molar-refractivity contribution in [3.63, 3.8) is 0 Å². The predicted octanol–water partition coefficient (Wildman–Crippen LogP) is 3.71. The molecule has 2 amide bonds. The summed E-state index contributed by atoms with van der Waals surface area (Å²) in [4.78, 5) is 35.8. The van der Waals surface area contributed by atoms with Crippen molar-refractivity contribution in [1.29, 1.82) is 0 Å². The molecule has 142 valence electrons. The molecule has 6 heteroatoms. The van der Waals surface area contributed by atoms with Crippen molar-refractivity contribution in [3.05, 3.63) is 60.2 Å². The van der Waals surface area contributed by atoms with E-state index in [1.165, 1.54) is 13.8 Å². The molecule has 2 atom stereocenters. The zero-order chi connectivity index (χ0) is 19.8. The number of amides is 2. The molecule has 0 radical (unpaired) electrons. The third-order valence-electron chi connectivity index (χ3n) is 4.03. The van der Waals surface area contributed by atoms with Crippen LogP contribution < -0.4 is 10.6 Å². The summed E-state index contributed by atoms with van der Waals surface area (Å²) >= 11 is 0. The molecular weight excluding hydrogens is 344 g/mol. The van der Waals surface area contributed by atoms with Gasteiger partial charge in [-0.25, -0.2) is 0 Å². The van der Waals surface area contributed by atoms with Gasteiger partial charge in [0.1, 0.15) is 0 Å². The minimum Gasteiger partial charge on any atom is -0.452 e. The van der Waals surface area contributed by atoms with Gasteiger partial charge in [-0.05, 0) is 43.2 Å². The van der Waals surface area contributed by atoms with Gasteiger partial charge in [-0.1, -0.05) is 37.3 Å². The molecule has 2 rings (SSSR count). The normalized spacial score (nSPS) is 12.6. The van der Waals surface area contributed by atoms with Gasteiger partial charge in [-0.3, -0.25) is 14.4 Å². The van der Waals surface area contributed by atoms with Gasteiger partial charge in [0.25, 0.3) is 5.91 Å². The molecule has 27 heavy (non-hydrogen) atoms. The van der Waals surface area contributed by atoms with Crippen LogP contribution in [-0.4, -0.2) is 23.9 Å². The van der Waals surface area contributed by atoms with Crippen LogP contribution in [0, 0.1) is 0 Å². The Labute approximate surface area is 158 Å². The molecule has 0 unspecified atom stereocenters. The van der Waals surface area contributed by atoms with E-state index in [4.69, 9.17) is 4.74 Å². The molecule has 2 N–H and O–H groups in total. The minimum atomic E-state index is -0.926. The van der Waals surface area contributed by atoms with Crippen molar-refractivity contribution in [2.45, 2.75) is 39.2 Å². The van der Waals surface area contributed by atoms with Gasteiger partial charge >= 0.3 is 5.97 Å². The van der Waals surface area contributed by atoms with Gasteiger partial charge in [-0.15, -0.1) is 0 Å². The second kappa shape index (κ2) is 9.52. The number of anilines is 2. The Bertz CT molecular complexity index is 788. The van der Waals surface area contributed by atoms with E-state index in [0.717, 1.165) is 5.56 Å². The molecule has 0 saturated carbocycles. The van der Waals surface area contributed by atoms with Gasteiger partial charge in [0, 0.05) is 18.3 Å². The maximum Gasteiger partial charge on any atom is 0.314 e. The third-order valence-corrected chi connectivity index (χ3v) is 4.03. The molecule has 0 heterocycles. The Morgan fingerprint density at radius 1 is 0.926 bits per heavy atom. The van der Waals surface area contributed by atoms with E-state index in [-0.39, 0.29) is 5.91 Å². The van der Waals surface area contributed by atoms with Gasteiger partial charge in [0.15, 0.2) is 6.10 Å². The second-order valence-electron chi connectivity index (χ2n) is 6.20. The Morgan fingerprint density at radius 3 is 2.00 bits per heavy atom. The highest BCUT2D eigenvalue weighted by atomic mass is 16.5. The van der Waals surface area contributed by atoms with Crippen molar-refractivity contribution in [1.82, 2.24) is 0 Å². The number of rotatable bonds is 7. The molecule has 0 aromatic heterocycles. The number of ether oxygens (including phenoxy) is 1. The summed E-state index contributed by atoms with van der Waals surface area (Å²) in [5.41, 5.74) is 2.05. The fourth-order valence-electron chi connectivity index (χ4n) is 2.62. The quantitative estimate of drug-likeness (QED) is 0.730. The topological polar surface area (TPSA) is 84.5 Å². The number of benzene rings is 2. The molecule has 0 aliphatic carbocycles. The van der Waals surface area contributed by atoms with Crippen LogP contribution in [0.25, 0.3) is 0 Å². The molecule has 0 aliphatic heterocycles. The summed E-state index contributed by atoms with van der Waals surface area (Å²) in [5.74, 6) is -1.42. The lowest BCUT2D eigenvalue weighted by atomic mass is 9.97. The first kappa shape index (κ1) is 20.2. The van der Waals surface area contributed by atoms with Crippen molar-refractivity contribution in [2.75, 3.05) is 10.6 Å². The molecule has 2 aromatic rings. The zero-order valence-corrected chi connectivity index (χ0v) is 15.7. The Hall–Kier alpha value is -3.15. The Balaban J connectivity index is 1.94. The van der Waals surface area contributed by atoms with Gasteiger partial charge < -0.3 is 15.4 Å². The van der Waals surface area contributed by atoms with Crippen LogP contribution >= 0.6 is 0 Å². The van der Waals surface area contributed by atoms with Crippen LogP contribution in [0.1, 0.15) is 38.7 Å². The predicted molar refractivity (Wildman–Crippen MR) is 104 cm³/mol. The lowest BCUT2D eigenvalue weighted by molar-refractivity contribution is -0.154. The fourth-order valence-corrected chi connectivity index (χ4v) is 2.62. The molecule has 0 spiro atoms. The van der Waals surface area contributed by atoms with Crippen LogP contribution in [0.2, 0.25) is 0 Å². The number of carbonyl (C=O) groups excluding carboxylic acids is 3. The zero-order valence-electron chi connectivity index (χ0n) is 15.7. The van der Waals surface area contributed by atoms with Gasteiger partial charge in [-0.2, -0.15) is 0 Å². The minimum absolute atomic E-state index is 0.170. The molecule has 0 aliphatic rings. The van der Waals surface area contributed by atoms with Crippen LogP contribution in [0.4, 0.5) is 11.4 Å². The molecule has 0 bridgehead atoms. The molecule has 2 aromatic carbocycles. The average Bonchev–Trinajstić information content (AvgIpc) is 2.64. The number of hydrogen-bond donors (Lipinski definition) is 2. The first-order valence-electron chi connectivity index (χ1n) is 8.84. The van der Waals surface area contributed by atoms with Crippen LogP contribution in [0.5, 0.6) is 0 Å². The molecule has 6 nitrogen and oxygen atoms in total. The first-order chi connectivity index (χ1) is 12.9. The summed E-state index contributed by atoms with van der Waals surface area (Å²) < 4.78 is 5.36. The van der Waals surface area contributed by atoms with E-state index in [2.05, 4.69) is 10.6 Å². The summed E-state index contributed by atoms with van der Waals surface area (Å²) in [5, 5.41) is 5.34. The van der Waals surface area contributed by atoms with Crippen LogP contribution in [-0.2, 0) is 19.1 Å². The summed E-state index contributed by atoms with van der Waals surface area (Å²) in [7, 11) is 0. The van der Waals surface area contributed by atoms with E-state index >= 15 is 0 Å². The summed E-state index contributed by atoms with van der Waals surface area (Å²) in [6.07, 6.45) is -0.341. The highest BCUT2D eigenvalue weighted by Gasteiger charge is 2.25. The van der Waals surface area contributed by atoms with E-state index in [1.54, 1.807) is 24.3 Å². The monoisotopic (exact) mass is 368 g/mol. The van der Waals surface area contributed by atoms with Crippen molar-refractivity contribution >= 4 is 29.2 Å². The lowest BCUT2D eigenvalue weighted by Gasteiger charge is -2.18. The third kappa shape index (κ3) is 5.95. The average molecular weight is 368 g/mol. The van der Waals surface area contributed by atoms with Gasteiger partial charge in [0.2, 0.25) is 5.91 Å².